The Morgan fingerprint density at radius 2 is 2.38 bits per heavy atom. The van der Waals surface area contributed by atoms with Crippen molar-refractivity contribution in [3.63, 3.8) is 0 Å². The van der Waals surface area contributed by atoms with Crippen molar-refractivity contribution >= 4 is 27.7 Å². The first kappa shape index (κ1) is 11.9. The number of pyridine rings is 1. The largest absolute Gasteiger partial charge is 0.312 e. The second kappa shape index (κ2) is 4.74. The number of hydrogen-bond acceptors (Lipinski definition) is 4. The van der Waals surface area contributed by atoms with Crippen LogP contribution in [0.4, 0.5) is 0 Å². The first-order valence-corrected chi connectivity index (χ1v) is 6.86. The highest BCUT2D eigenvalue weighted by atomic mass is 79.9. The van der Waals surface area contributed by atoms with E-state index in [1.165, 1.54) is 0 Å². The minimum atomic E-state index is -0.681. The molecule has 1 aromatic heterocycles. The normalized spacial score (nSPS) is 18.8. The molecule has 1 unspecified atom stereocenters. The maximum Gasteiger partial charge on any atom is 0.116 e. The summed E-state index contributed by atoms with van der Waals surface area (Å²) in [6.45, 7) is 0. The van der Waals surface area contributed by atoms with Crippen molar-refractivity contribution in [1.29, 1.82) is 5.26 Å². The fourth-order valence-electron chi connectivity index (χ4n) is 1.48. The van der Waals surface area contributed by atoms with Gasteiger partial charge in [-0.25, -0.2) is 4.98 Å². The summed E-state index contributed by atoms with van der Waals surface area (Å²) >= 11 is 4.88. The van der Waals surface area contributed by atoms with E-state index in [4.69, 9.17) is 11.0 Å². The molecule has 0 amide bonds. The minimum absolute atomic E-state index is 0.375. The first-order chi connectivity index (χ1) is 7.64. The third kappa shape index (κ3) is 2.76. The Labute approximate surface area is 108 Å². The van der Waals surface area contributed by atoms with Gasteiger partial charge in [-0.2, -0.15) is 5.26 Å². The van der Waals surface area contributed by atoms with Gasteiger partial charge in [-0.3, -0.25) is 0 Å². The minimum Gasteiger partial charge on any atom is -0.312 e. The second-order valence-electron chi connectivity index (χ2n) is 4.03. The molecule has 2 N–H and O–H groups in total. The second-order valence-corrected chi connectivity index (χ2v) is 5.94. The van der Waals surface area contributed by atoms with Crippen molar-refractivity contribution in [1.82, 2.24) is 4.98 Å². The van der Waals surface area contributed by atoms with Gasteiger partial charge >= 0.3 is 0 Å². The highest BCUT2D eigenvalue weighted by molar-refractivity contribution is 9.10. The zero-order valence-corrected chi connectivity index (χ0v) is 11.1. The molecule has 5 heteroatoms. The van der Waals surface area contributed by atoms with Crippen molar-refractivity contribution in [3.8, 4) is 6.07 Å². The number of nitrogens with two attached hydrogens (primary N) is 1. The van der Waals surface area contributed by atoms with Crippen LogP contribution >= 0.6 is 27.7 Å². The third-order valence-corrected chi connectivity index (χ3v) is 4.30. The summed E-state index contributed by atoms with van der Waals surface area (Å²) in [4.78, 5) is 4.25. The van der Waals surface area contributed by atoms with Gasteiger partial charge in [0.25, 0.3) is 0 Å². The number of halogens is 1. The average molecular weight is 298 g/mol. The summed E-state index contributed by atoms with van der Waals surface area (Å²) in [6.07, 6.45) is 3.92. The summed E-state index contributed by atoms with van der Waals surface area (Å²) in [5.41, 5.74) is 5.38. The van der Waals surface area contributed by atoms with E-state index in [0.29, 0.717) is 11.7 Å². The van der Waals surface area contributed by atoms with Gasteiger partial charge in [0.1, 0.15) is 5.54 Å². The van der Waals surface area contributed by atoms with E-state index in [9.17, 15) is 0 Å². The third-order valence-electron chi connectivity index (χ3n) is 2.67. The van der Waals surface area contributed by atoms with Crippen LogP contribution in [0.1, 0.15) is 12.8 Å². The first-order valence-electron chi connectivity index (χ1n) is 5.08. The molecule has 16 heavy (non-hydrogen) atoms. The predicted molar refractivity (Wildman–Crippen MR) is 67.9 cm³/mol. The number of nitrogens with zero attached hydrogens (tertiary/aromatic N) is 2. The molecule has 84 valence electrons. The molecule has 2 rings (SSSR count). The standard InChI is InChI=1S/C11H12BrN3S/c12-9-3-4-10(15-5-9)16-7-11(14,6-13)8-1-2-8/h3-5,8H,1-2,7,14H2. The number of nitriles is 1. The monoisotopic (exact) mass is 297 g/mol. The summed E-state index contributed by atoms with van der Waals surface area (Å²) in [5.74, 6) is 0.989. The molecule has 0 radical (unpaired) electrons. The summed E-state index contributed by atoms with van der Waals surface area (Å²) in [6, 6.07) is 6.11. The Kier molecular flexibility index (Phi) is 3.53. The van der Waals surface area contributed by atoms with Crippen LogP contribution in [-0.4, -0.2) is 16.3 Å². The van der Waals surface area contributed by atoms with Crippen LogP contribution in [0.5, 0.6) is 0 Å². The van der Waals surface area contributed by atoms with Gasteiger partial charge in [0.15, 0.2) is 0 Å². The van der Waals surface area contributed by atoms with Crippen molar-refractivity contribution < 1.29 is 0 Å². The maximum absolute atomic E-state index is 9.10. The van der Waals surface area contributed by atoms with Crippen molar-refractivity contribution in [2.45, 2.75) is 23.4 Å². The van der Waals surface area contributed by atoms with E-state index in [2.05, 4.69) is 27.0 Å². The fraction of sp³-hybridized carbons (Fsp3) is 0.455. The van der Waals surface area contributed by atoms with Crippen molar-refractivity contribution in [2.24, 2.45) is 11.7 Å². The zero-order valence-electron chi connectivity index (χ0n) is 8.69. The Morgan fingerprint density at radius 1 is 1.62 bits per heavy atom. The zero-order chi connectivity index (χ0) is 11.6. The van der Waals surface area contributed by atoms with Crippen LogP contribution in [-0.2, 0) is 0 Å². The molecule has 1 saturated carbocycles. The van der Waals surface area contributed by atoms with Crippen LogP contribution in [0.3, 0.4) is 0 Å². The van der Waals surface area contributed by atoms with E-state index in [1.807, 2.05) is 12.1 Å². The highest BCUT2D eigenvalue weighted by Gasteiger charge is 2.42. The lowest BCUT2D eigenvalue weighted by molar-refractivity contribution is 0.532. The Balaban J connectivity index is 1.96. The molecular formula is C11H12BrN3S. The topological polar surface area (TPSA) is 62.7 Å². The van der Waals surface area contributed by atoms with Gasteiger partial charge in [-0.15, -0.1) is 11.8 Å². The summed E-state index contributed by atoms with van der Waals surface area (Å²) in [7, 11) is 0. The smallest absolute Gasteiger partial charge is 0.116 e. The van der Waals surface area contributed by atoms with Crippen LogP contribution in [0, 0.1) is 17.2 Å². The van der Waals surface area contributed by atoms with Gasteiger partial charge in [-0.05, 0) is 46.8 Å². The van der Waals surface area contributed by atoms with Crippen LogP contribution in [0.25, 0.3) is 0 Å². The average Bonchev–Trinajstić information content (AvgIpc) is 3.12. The molecule has 3 nitrogen and oxygen atoms in total. The fourth-order valence-corrected chi connectivity index (χ4v) is 2.69. The Morgan fingerprint density at radius 3 is 2.88 bits per heavy atom. The van der Waals surface area contributed by atoms with Crippen LogP contribution in [0.2, 0.25) is 0 Å². The molecule has 0 aliphatic heterocycles. The lowest BCUT2D eigenvalue weighted by Crippen LogP contribution is -2.43. The molecule has 0 bridgehead atoms. The Hall–Kier alpha value is -0.570. The molecular weight excluding hydrogens is 286 g/mol. The summed E-state index contributed by atoms with van der Waals surface area (Å²) in [5, 5.41) is 10.0. The van der Waals surface area contributed by atoms with Crippen LogP contribution in [0.15, 0.2) is 27.8 Å². The lowest BCUT2D eigenvalue weighted by atomic mass is 10.00. The molecule has 1 fully saturated rings. The molecule has 1 aliphatic rings. The quantitative estimate of drug-likeness (QED) is 0.868. The molecule has 1 aromatic rings. The van der Waals surface area contributed by atoms with Gasteiger partial charge < -0.3 is 5.73 Å². The van der Waals surface area contributed by atoms with E-state index >= 15 is 0 Å². The number of rotatable bonds is 4. The van der Waals surface area contributed by atoms with Crippen molar-refractivity contribution in [2.75, 3.05) is 5.75 Å². The molecule has 0 spiro atoms. The SMILES string of the molecule is N#CC(N)(CSc1ccc(Br)cn1)C1CC1. The lowest BCUT2D eigenvalue weighted by Gasteiger charge is -2.19. The maximum atomic E-state index is 9.10. The molecule has 1 aliphatic carbocycles. The van der Waals surface area contributed by atoms with Crippen molar-refractivity contribution in [3.05, 3.63) is 22.8 Å². The molecule has 0 aromatic carbocycles. The van der Waals surface area contributed by atoms with E-state index in [0.717, 1.165) is 22.3 Å². The van der Waals surface area contributed by atoms with E-state index in [-0.39, 0.29) is 0 Å². The van der Waals surface area contributed by atoms with E-state index < -0.39 is 5.54 Å². The molecule has 1 heterocycles. The molecule has 1 atom stereocenters. The molecule has 0 saturated heterocycles. The van der Waals surface area contributed by atoms with Gasteiger partial charge in [0, 0.05) is 16.4 Å². The Bertz CT molecular complexity index is 410. The van der Waals surface area contributed by atoms with Gasteiger partial charge in [-0.1, -0.05) is 0 Å². The van der Waals surface area contributed by atoms with Gasteiger partial charge in [0.2, 0.25) is 0 Å². The van der Waals surface area contributed by atoms with Gasteiger partial charge in [0.05, 0.1) is 11.1 Å². The number of hydrogen-bond donors (Lipinski definition) is 1. The van der Waals surface area contributed by atoms with Crippen LogP contribution < -0.4 is 5.73 Å². The predicted octanol–water partition coefficient (Wildman–Crippen LogP) is 2.57. The summed E-state index contributed by atoms with van der Waals surface area (Å²) < 4.78 is 0.957. The van der Waals surface area contributed by atoms with E-state index in [1.54, 1.807) is 18.0 Å². The number of aromatic nitrogens is 1. The highest BCUT2D eigenvalue weighted by Crippen LogP contribution is 2.40. The number of thioether (sulfide) groups is 1.